The summed E-state index contributed by atoms with van der Waals surface area (Å²) in [6.45, 7) is 9.04. The van der Waals surface area contributed by atoms with Crippen molar-refractivity contribution >= 4 is 11.3 Å². The van der Waals surface area contributed by atoms with Crippen LogP contribution in [0, 0.1) is 0 Å². The zero-order chi connectivity index (χ0) is 12.2. The van der Waals surface area contributed by atoms with Crippen LogP contribution in [0.5, 0.6) is 0 Å². The second kappa shape index (κ2) is 3.74. The van der Waals surface area contributed by atoms with Crippen LogP contribution in [0.4, 0.5) is 0 Å². The lowest BCUT2D eigenvalue weighted by Crippen LogP contribution is -1.86. The zero-order valence-electron chi connectivity index (χ0n) is 10.9. The summed E-state index contributed by atoms with van der Waals surface area (Å²) in [5.41, 5.74) is 5.78. The summed E-state index contributed by atoms with van der Waals surface area (Å²) in [4.78, 5) is 6.61. The summed E-state index contributed by atoms with van der Waals surface area (Å²) in [7, 11) is 0. The van der Waals surface area contributed by atoms with E-state index < -0.39 is 0 Å². The van der Waals surface area contributed by atoms with Crippen molar-refractivity contribution in [3.63, 3.8) is 0 Å². The number of hydrogen-bond donors (Lipinski definition) is 1. The van der Waals surface area contributed by atoms with Crippen molar-refractivity contribution < 1.29 is 0 Å². The summed E-state index contributed by atoms with van der Waals surface area (Å²) in [6.07, 6.45) is 1.12. The van der Waals surface area contributed by atoms with E-state index in [1.54, 1.807) is 0 Å². The normalized spacial score (nSPS) is 13.5. The van der Waals surface area contributed by atoms with Crippen molar-refractivity contribution in [2.45, 2.75) is 46.0 Å². The van der Waals surface area contributed by atoms with E-state index >= 15 is 0 Å². The highest BCUT2D eigenvalue weighted by Crippen LogP contribution is 2.44. The van der Waals surface area contributed by atoms with Crippen molar-refractivity contribution in [3.05, 3.63) is 33.8 Å². The van der Waals surface area contributed by atoms with Gasteiger partial charge >= 0.3 is 0 Å². The van der Waals surface area contributed by atoms with E-state index in [2.05, 4.69) is 44.8 Å². The quantitative estimate of drug-likeness (QED) is 0.661. The van der Waals surface area contributed by atoms with Gasteiger partial charge in [-0.2, -0.15) is 0 Å². The van der Waals surface area contributed by atoms with Gasteiger partial charge in [0.15, 0.2) is 0 Å². The molecule has 0 spiro atoms. The Balaban J connectivity index is 2.06. The molecule has 1 aliphatic carbocycles. The summed E-state index contributed by atoms with van der Waals surface area (Å²) in [6, 6.07) is 4.75. The molecule has 0 saturated heterocycles. The molecule has 0 atom stereocenters. The molecular formula is C15H19NS. The van der Waals surface area contributed by atoms with Gasteiger partial charge in [0.25, 0.3) is 0 Å². The first-order valence-corrected chi connectivity index (χ1v) is 7.22. The molecule has 0 aliphatic heterocycles. The first kappa shape index (κ1) is 11.1. The number of aromatic amines is 1. The number of H-pyrrole nitrogens is 1. The molecule has 2 heteroatoms. The lowest BCUT2D eigenvalue weighted by Gasteiger charge is -2.00. The predicted molar refractivity (Wildman–Crippen MR) is 75.1 cm³/mol. The Hall–Kier alpha value is -1.02. The van der Waals surface area contributed by atoms with Gasteiger partial charge in [-0.25, -0.2) is 0 Å². The van der Waals surface area contributed by atoms with Gasteiger partial charge in [-0.15, -0.1) is 11.3 Å². The fraction of sp³-hybridized carbons (Fsp3) is 0.467. The van der Waals surface area contributed by atoms with Crippen molar-refractivity contribution in [3.8, 4) is 10.6 Å². The summed E-state index contributed by atoms with van der Waals surface area (Å²) in [5, 5.41) is 0. The smallest absolute Gasteiger partial charge is 0.0596 e. The first-order chi connectivity index (χ1) is 8.06. The minimum Gasteiger partial charge on any atom is -0.357 e. The molecule has 0 bridgehead atoms. The van der Waals surface area contributed by atoms with Gasteiger partial charge in [-0.1, -0.05) is 27.7 Å². The summed E-state index contributed by atoms with van der Waals surface area (Å²) in [5.74, 6) is 1.24. The number of nitrogens with one attached hydrogen (secondary N) is 1. The van der Waals surface area contributed by atoms with Crippen molar-refractivity contribution in [1.82, 2.24) is 4.98 Å². The van der Waals surface area contributed by atoms with Gasteiger partial charge in [0.1, 0.15) is 0 Å². The molecule has 1 aliphatic rings. The van der Waals surface area contributed by atoms with Crippen LogP contribution in [0.1, 0.15) is 61.2 Å². The number of rotatable bonds is 2. The monoisotopic (exact) mass is 245 g/mol. The van der Waals surface area contributed by atoms with Crippen LogP contribution in [-0.4, -0.2) is 4.98 Å². The predicted octanol–water partition coefficient (Wildman–Crippen LogP) is 4.89. The van der Waals surface area contributed by atoms with Crippen molar-refractivity contribution in [2.75, 3.05) is 0 Å². The molecule has 1 N–H and O–H groups in total. The van der Waals surface area contributed by atoms with E-state index in [1.165, 1.54) is 32.3 Å². The van der Waals surface area contributed by atoms with Crippen LogP contribution in [0.3, 0.4) is 0 Å². The highest BCUT2D eigenvalue weighted by atomic mass is 32.1. The maximum absolute atomic E-state index is 3.61. The van der Waals surface area contributed by atoms with E-state index in [1.807, 2.05) is 11.3 Å². The Bertz CT molecular complexity index is 507. The average Bonchev–Trinajstić information content (AvgIpc) is 2.84. The molecular weight excluding hydrogens is 226 g/mol. The molecule has 0 radical (unpaired) electrons. The second-order valence-corrected chi connectivity index (χ2v) is 6.70. The third kappa shape index (κ3) is 1.66. The molecule has 90 valence electrons. The van der Waals surface area contributed by atoms with Gasteiger partial charge in [-0.05, 0) is 35.1 Å². The van der Waals surface area contributed by atoms with Crippen LogP contribution in [-0.2, 0) is 6.42 Å². The molecule has 17 heavy (non-hydrogen) atoms. The molecule has 0 amide bonds. The standard InChI is InChI=1S/C15H19NS/c1-8(2)12-6-10-5-11-7-13(9(3)4)17-15(11)14(10)16-12/h6-9,16H,5H2,1-4H3. The van der Waals surface area contributed by atoms with Crippen LogP contribution < -0.4 is 0 Å². The fourth-order valence-electron chi connectivity index (χ4n) is 2.46. The highest BCUT2D eigenvalue weighted by molar-refractivity contribution is 7.15. The van der Waals surface area contributed by atoms with Gasteiger partial charge < -0.3 is 4.98 Å². The van der Waals surface area contributed by atoms with E-state index in [-0.39, 0.29) is 0 Å². The van der Waals surface area contributed by atoms with Gasteiger partial charge in [-0.3, -0.25) is 0 Å². The number of thiophene rings is 1. The third-order valence-electron chi connectivity index (χ3n) is 3.55. The summed E-state index contributed by atoms with van der Waals surface area (Å²) < 4.78 is 0. The molecule has 2 aromatic rings. The Morgan fingerprint density at radius 3 is 2.47 bits per heavy atom. The minimum atomic E-state index is 0.591. The number of hydrogen-bond acceptors (Lipinski definition) is 1. The van der Waals surface area contributed by atoms with E-state index in [0.29, 0.717) is 11.8 Å². The van der Waals surface area contributed by atoms with Crippen LogP contribution in [0.25, 0.3) is 10.6 Å². The molecule has 2 aromatic heterocycles. The maximum atomic E-state index is 3.61. The Morgan fingerprint density at radius 2 is 1.82 bits per heavy atom. The SMILES string of the molecule is CC(C)c1cc2c([nH]1)-c1sc(C(C)C)cc1C2. The molecule has 3 rings (SSSR count). The number of aromatic nitrogens is 1. The van der Waals surface area contributed by atoms with Gasteiger partial charge in [0.2, 0.25) is 0 Å². The number of fused-ring (bicyclic) bond motifs is 3. The molecule has 1 nitrogen and oxygen atoms in total. The van der Waals surface area contributed by atoms with E-state index in [0.717, 1.165) is 6.42 Å². The summed E-state index contributed by atoms with van der Waals surface area (Å²) >= 11 is 1.97. The maximum Gasteiger partial charge on any atom is 0.0596 e. The molecule has 0 unspecified atom stereocenters. The third-order valence-corrected chi connectivity index (χ3v) is 5.04. The molecule has 0 aromatic carbocycles. The second-order valence-electron chi connectivity index (χ2n) is 5.61. The average molecular weight is 245 g/mol. The Morgan fingerprint density at radius 1 is 1.06 bits per heavy atom. The Labute approximate surface area is 107 Å². The van der Waals surface area contributed by atoms with E-state index in [4.69, 9.17) is 0 Å². The largest absolute Gasteiger partial charge is 0.357 e. The Kier molecular flexibility index (Phi) is 2.44. The highest BCUT2D eigenvalue weighted by Gasteiger charge is 2.25. The molecule has 2 heterocycles. The zero-order valence-corrected chi connectivity index (χ0v) is 11.7. The van der Waals surface area contributed by atoms with Crippen LogP contribution in [0.15, 0.2) is 12.1 Å². The first-order valence-electron chi connectivity index (χ1n) is 6.41. The van der Waals surface area contributed by atoms with Crippen LogP contribution >= 0.6 is 11.3 Å². The van der Waals surface area contributed by atoms with Gasteiger partial charge in [0, 0.05) is 17.0 Å². The topological polar surface area (TPSA) is 15.8 Å². The van der Waals surface area contributed by atoms with Gasteiger partial charge in [0.05, 0.1) is 10.6 Å². The molecule has 0 saturated carbocycles. The lowest BCUT2D eigenvalue weighted by molar-refractivity contribution is 0.833. The minimum absolute atomic E-state index is 0.591. The van der Waals surface area contributed by atoms with Crippen LogP contribution in [0.2, 0.25) is 0 Å². The van der Waals surface area contributed by atoms with E-state index in [9.17, 15) is 0 Å². The van der Waals surface area contributed by atoms with Crippen molar-refractivity contribution in [1.29, 1.82) is 0 Å². The van der Waals surface area contributed by atoms with Crippen molar-refractivity contribution in [2.24, 2.45) is 0 Å². The lowest BCUT2D eigenvalue weighted by atomic mass is 10.1. The molecule has 0 fully saturated rings. The fourth-order valence-corrected chi connectivity index (χ4v) is 3.68.